The minimum absolute atomic E-state index is 0.297. The van der Waals surface area contributed by atoms with Gasteiger partial charge >= 0.3 is 0 Å². The number of ether oxygens (including phenoxy) is 3. The number of aromatic hydroxyl groups is 1. The minimum Gasteiger partial charge on any atom is -0.508 e. The highest BCUT2D eigenvalue weighted by Crippen LogP contribution is 2.33. The number of phenols is 1. The fraction of sp³-hybridized carbons (Fsp3) is 0.200. The molecule has 174 valence electrons. The lowest BCUT2D eigenvalue weighted by molar-refractivity contribution is 0.378. The number of phenolic OH excluding ortho intramolecular Hbond substituents is 1. The topological polar surface area (TPSA) is 47.9 Å². The SMILES string of the molecule is COc1ccc(CCc2ccc(OC)c(Oc3ccc(CCc4ccc(O)cc4)cc3)c2)cc1. The third-order valence-electron chi connectivity index (χ3n) is 5.88. The molecule has 1 N–H and O–H groups in total. The molecule has 0 aromatic heterocycles. The van der Waals surface area contributed by atoms with Crippen LogP contribution in [0.15, 0.2) is 91.0 Å². The fourth-order valence-electron chi connectivity index (χ4n) is 3.84. The van der Waals surface area contributed by atoms with Crippen LogP contribution in [-0.2, 0) is 25.7 Å². The quantitative estimate of drug-likeness (QED) is 0.287. The number of hydrogen-bond donors (Lipinski definition) is 1. The molecular weight excluding hydrogens is 424 g/mol. The third-order valence-corrected chi connectivity index (χ3v) is 5.88. The van der Waals surface area contributed by atoms with Crippen LogP contribution in [0.3, 0.4) is 0 Å². The first-order valence-corrected chi connectivity index (χ1v) is 11.5. The maximum absolute atomic E-state index is 9.42. The molecule has 0 atom stereocenters. The van der Waals surface area contributed by atoms with Crippen molar-refractivity contribution in [2.24, 2.45) is 0 Å². The van der Waals surface area contributed by atoms with E-state index in [1.165, 1.54) is 22.3 Å². The van der Waals surface area contributed by atoms with Gasteiger partial charge in [0.25, 0.3) is 0 Å². The van der Waals surface area contributed by atoms with Crippen LogP contribution >= 0.6 is 0 Å². The summed E-state index contributed by atoms with van der Waals surface area (Å²) in [6.45, 7) is 0. The van der Waals surface area contributed by atoms with Crippen molar-refractivity contribution in [1.82, 2.24) is 0 Å². The van der Waals surface area contributed by atoms with E-state index >= 15 is 0 Å². The van der Waals surface area contributed by atoms with E-state index < -0.39 is 0 Å². The van der Waals surface area contributed by atoms with Gasteiger partial charge in [-0.05, 0) is 96.5 Å². The lowest BCUT2D eigenvalue weighted by Crippen LogP contribution is -1.96. The lowest BCUT2D eigenvalue weighted by atomic mass is 10.0. The molecule has 0 aliphatic heterocycles. The van der Waals surface area contributed by atoms with Crippen LogP contribution in [0.1, 0.15) is 22.3 Å². The minimum atomic E-state index is 0.297. The molecule has 0 heterocycles. The van der Waals surface area contributed by atoms with Gasteiger partial charge in [-0.25, -0.2) is 0 Å². The van der Waals surface area contributed by atoms with E-state index in [9.17, 15) is 5.11 Å². The summed E-state index contributed by atoms with van der Waals surface area (Å²) in [4.78, 5) is 0. The first kappa shape index (κ1) is 23.2. The monoisotopic (exact) mass is 454 g/mol. The summed E-state index contributed by atoms with van der Waals surface area (Å²) in [6, 6.07) is 29.8. The van der Waals surface area contributed by atoms with Gasteiger partial charge in [0, 0.05) is 0 Å². The molecule has 4 nitrogen and oxygen atoms in total. The van der Waals surface area contributed by atoms with E-state index in [4.69, 9.17) is 14.2 Å². The first-order valence-electron chi connectivity index (χ1n) is 11.5. The summed E-state index contributed by atoms with van der Waals surface area (Å²) in [5.74, 6) is 3.37. The molecule has 34 heavy (non-hydrogen) atoms. The van der Waals surface area contributed by atoms with Crippen LogP contribution in [0.5, 0.6) is 28.7 Å². The van der Waals surface area contributed by atoms with Crippen LogP contribution in [0.2, 0.25) is 0 Å². The Hall–Kier alpha value is -3.92. The third kappa shape index (κ3) is 6.32. The molecule has 4 rings (SSSR count). The molecule has 4 aromatic carbocycles. The van der Waals surface area contributed by atoms with Crippen molar-refractivity contribution in [3.05, 3.63) is 113 Å². The second-order valence-electron chi connectivity index (χ2n) is 8.25. The van der Waals surface area contributed by atoms with Crippen molar-refractivity contribution < 1.29 is 19.3 Å². The highest BCUT2D eigenvalue weighted by atomic mass is 16.5. The molecule has 0 aliphatic rings. The van der Waals surface area contributed by atoms with Crippen LogP contribution in [0, 0.1) is 0 Å². The average molecular weight is 455 g/mol. The molecule has 0 aliphatic carbocycles. The largest absolute Gasteiger partial charge is 0.508 e. The Kier molecular flexibility index (Phi) is 7.71. The number of methoxy groups -OCH3 is 2. The molecule has 0 saturated carbocycles. The second-order valence-corrected chi connectivity index (χ2v) is 8.25. The molecule has 0 saturated heterocycles. The fourth-order valence-corrected chi connectivity index (χ4v) is 3.84. The van der Waals surface area contributed by atoms with Gasteiger partial charge in [-0.2, -0.15) is 0 Å². The number of benzene rings is 4. The van der Waals surface area contributed by atoms with Crippen LogP contribution < -0.4 is 14.2 Å². The van der Waals surface area contributed by atoms with Gasteiger partial charge in [-0.1, -0.05) is 42.5 Å². The molecule has 0 fully saturated rings. The smallest absolute Gasteiger partial charge is 0.169 e. The summed E-state index contributed by atoms with van der Waals surface area (Å²) in [7, 11) is 3.34. The molecular formula is C30H30O4. The van der Waals surface area contributed by atoms with Crippen molar-refractivity contribution in [2.75, 3.05) is 14.2 Å². The summed E-state index contributed by atoms with van der Waals surface area (Å²) >= 11 is 0. The van der Waals surface area contributed by atoms with Gasteiger partial charge in [0.15, 0.2) is 11.5 Å². The van der Waals surface area contributed by atoms with Crippen molar-refractivity contribution >= 4 is 0 Å². The Morgan fingerprint density at radius 2 is 0.971 bits per heavy atom. The van der Waals surface area contributed by atoms with Gasteiger partial charge < -0.3 is 19.3 Å². The normalized spacial score (nSPS) is 10.6. The second kappa shape index (κ2) is 11.3. The summed E-state index contributed by atoms with van der Waals surface area (Å²) in [6.07, 6.45) is 3.69. The Morgan fingerprint density at radius 3 is 1.50 bits per heavy atom. The Labute approximate surface area is 201 Å². The van der Waals surface area contributed by atoms with E-state index in [2.05, 4.69) is 36.4 Å². The molecule has 4 aromatic rings. The maximum Gasteiger partial charge on any atom is 0.169 e. The zero-order valence-electron chi connectivity index (χ0n) is 19.7. The lowest BCUT2D eigenvalue weighted by Gasteiger charge is -2.13. The zero-order chi connectivity index (χ0) is 23.8. The highest BCUT2D eigenvalue weighted by Gasteiger charge is 2.08. The van der Waals surface area contributed by atoms with E-state index in [-0.39, 0.29) is 0 Å². The number of hydrogen-bond acceptors (Lipinski definition) is 4. The standard InChI is InChI=1S/C30H30O4/c1-32-27-16-9-24(10-17-27)5-6-25-13-20-29(33-2)30(21-25)34-28-18-11-23(12-19-28)4-3-22-7-14-26(31)15-8-22/h7-21,31H,3-6H2,1-2H3. The van der Waals surface area contributed by atoms with Gasteiger partial charge in [0.1, 0.15) is 17.2 Å². The predicted molar refractivity (Wildman–Crippen MR) is 135 cm³/mol. The van der Waals surface area contributed by atoms with Crippen LogP contribution in [-0.4, -0.2) is 19.3 Å². The molecule has 0 spiro atoms. The molecule has 0 radical (unpaired) electrons. The van der Waals surface area contributed by atoms with Gasteiger partial charge in [-0.3, -0.25) is 0 Å². The van der Waals surface area contributed by atoms with Crippen molar-refractivity contribution in [1.29, 1.82) is 0 Å². The highest BCUT2D eigenvalue weighted by molar-refractivity contribution is 5.46. The summed E-state index contributed by atoms with van der Waals surface area (Å²) < 4.78 is 16.9. The zero-order valence-corrected chi connectivity index (χ0v) is 19.7. The predicted octanol–water partition coefficient (Wildman–Crippen LogP) is 6.77. The van der Waals surface area contributed by atoms with E-state index in [1.54, 1.807) is 26.4 Å². The maximum atomic E-state index is 9.42. The van der Waals surface area contributed by atoms with Crippen LogP contribution in [0.4, 0.5) is 0 Å². The Balaban J connectivity index is 1.38. The van der Waals surface area contributed by atoms with Gasteiger partial charge in [-0.15, -0.1) is 0 Å². The van der Waals surface area contributed by atoms with Gasteiger partial charge in [0.2, 0.25) is 0 Å². The van der Waals surface area contributed by atoms with E-state index in [0.717, 1.165) is 37.2 Å². The molecule has 0 unspecified atom stereocenters. The molecule has 0 amide bonds. The van der Waals surface area contributed by atoms with E-state index in [0.29, 0.717) is 17.2 Å². The molecule has 4 heteroatoms. The van der Waals surface area contributed by atoms with Crippen molar-refractivity contribution in [3.63, 3.8) is 0 Å². The number of aryl methyl sites for hydroxylation is 4. The van der Waals surface area contributed by atoms with Gasteiger partial charge in [0.05, 0.1) is 14.2 Å². The average Bonchev–Trinajstić information content (AvgIpc) is 2.88. The summed E-state index contributed by atoms with van der Waals surface area (Å²) in [5.41, 5.74) is 4.90. The van der Waals surface area contributed by atoms with E-state index in [1.807, 2.05) is 42.5 Å². The Morgan fingerprint density at radius 1 is 0.500 bits per heavy atom. The van der Waals surface area contributed by atoms with Crippen molar-refractivity contribution in [3.8, 4) is 28.7 Å². The number of rotatable bonds is 10. The van der Waals surface area contributed by atoms with Crippen LogP contribution in [0.25, 0.3) is 0 Å². The summed E-state index contributed by atoms with van der Waals surface area (Å²) in [5, 5.41) is 9.42. The van der Waals surface area contributed by atoms with Crippen molar-refractivity contribution in [2.45, 2.75) is 25.7 Å². The molecule has 0 bridgehead atoms. The first-order chi connectivity index (χ1) is 16.6. The Bertz CT molecular complexity index is 1180.